The van der Waals surface area contributed by atoms with E-state index in [4.69, 9.17) is 27.9 Å². The maximum Gasteiger partial charge on any atom is 0.122 e. The molecule has 0 heterocycles. The Morgan fingerprint density at radius 2 is 1.53 bits per heavy atom. The normalized spacial score (nSPS) is 12.6. The molecule has 0 fully saturated rings. The molecule has 0 amide bonds. The molecule has 0 unspecified atom stereocenters. The molecule has 0 bridgehead atoms. The van der Waals surface area contributed by atoms with Crippen molar-refractivity contribution in [2.75, 3.05) is 13.2 Å². The van der Waals surface area contributed by atoms with E-state index in [1.54, 1.807) is 18.2 Å². The van der Waals surface area contributed by atoms with Crippen LogP contribution < -0.4 is 10.1 Å². The molecule has 0 aliphatic heterocycles. The van der Waals surface area contributed by atoms with Gasteiger partial charge in [-0.25, -0.2) is 0 Å². The van der Waals surface area contributed by atoms with E-state index in [0.29, 0.717) is 22.4 Å². The molecule has 0 atom stereocenters. The summed E-state index contributed by atoms with van der Waals surface area (Å²) in [5.41, 5.74) is 0.138. The molecule has 1 N–H and O–H groups in total. The van der Waals surface area contributed by atoms with Gasteiger partial charge >= 0.3 is 0 Å². The second-order valence-corrected chi connectivity index (χ2v) is 7.53. The fourth-order valence-corrected chi connectivity index (χ4v) is 1.95. The maximum atomic E-state index is 5.94. The van der Waals surface area contributed by atoms with Crippen molar-refractivity contribution in [2.24, 2.45) is 5.41 Å². The summed E-state index contributed by atoms with van der Waals surface area (Å²) in [6, 6.07) is 5.25. The first-order valence-electron chi connectivity index (χ1n) is 6.41. The fraction of sp³-hybridized carbons (Fsp3) is 0.600. The van der Waals surface area contributed by atoms with Crippen LogP contribution >= 0.6 is 23.2 Å². The van der Waals surface area contributed by atoms with Crippen LogP contribution in [0.3, 0.4) is 0 Å². The monoisotopic (exact) mass is 303 g/mol. The third kappa shape index (κ3) is 7.05. The average Bonchev–Trinajstić information content (AvgIpc) is 2.22. The zero-order valence-electron chi connectivity index (χ0n) is 12.3. The van der Waals surface area contributed by atoms with Crippen molar-refractivity contribution < 1.29 is 4.74 Å². The first-order chi connectivity index (χ1) is 8.57. The summed E-state index contributed by atoms with van der Waals surface area (Å²) < 4.78 is 5.79. The Bertz CT molecular complexity index is 404. The topological polar surface area (TPSA) is 21.3 Å². The van der Waals surface area contributed by atoms with E-state index in [-0.39, 0.29) is 11.0 Å². The number of nitrogens with one attached hydrogen (secondary N) is 1. The van der Waals surface area contributed by atoms with Gasteiger partial charge in [-0.05, 0) is 39.0 Å². The van der Waals surface area contributed by atoms with E-state index >= 15 is 0 Å². The summed E-state index contributed by atoms with van der Waals surface area (Å²) in [7, 11) is 0. The summed E-state index contributed by atoms with van der Waals surface area (Å²) >= 11 is 11.9. The highest BCUT2D eigenvalue weighted by molar-refractivity contribution is 6.34. The molecular formula is C15H23Cl2NO. The van der Waals surface area contributed by atoms with E-state index in [0.717, 1.165) is 6.54 Å². The van der Waals surface area contributed by atoms with Crippen LogP contribution in [0, 0.1) is 5.41 Å². The maximum absolute atomic E-state index is 5.94. The van der Waals surface area contributed by atoms with Crippen LogP contribution in [0.25, 0.3) is 0 Å². The minimum absolute atomic E-state index is 0.0298. The molecule has 0 saturated carbocycles. The van der Waals surface area contributed by atoms with Crippen LogP contribution in [-0.4, -0.2) is 18.7 Å². The van der Waals surface area contributed by atoms with Crippen molar-refractivity contribution in [3.63, 3.8) is 0 Å². The highest BCUT2D eigenvalue weighted by Gasteiger charge is 2.22. The number of benzene rings is 1. The Hall–Kier alpha value is -0.440. The van der Waals surface area contributed by atoms with Gasteiger partial charge in [-0.15, -0.1) is 0 Å². The zero-order valence-corrected chi connectivity index (χ0v) is 13.8. The van der Waals surface area contributed by atoms with Crippen molar-refractivity contribution in [1.29, 1.82) is 0 Å². The lowest BCUT2D eigenvalue weighted by Crippen LogP contribution is -2.43. The van der Waals surface area contributed by atoms with E-state index in [2.05, 4.69) is 39.9 Å². The van der Waals surface area contributed by atoms with E-state index in [1.807, 2.05) is 0 Å². The molecule has 108 valence electrons. The molecular weight excluding hydrogens is 281 g/mol. The van der Waals surface area contributed by atoms with Crippen LogP contribution in [-0.2, 0) is 0 Å². The first kappa shape index (κ1) is 16.6. The van der Waals surface area contributed by atoms with E-state index in [9.17, 15) is 0 Å². The smallest absolute Gasteiger partial charge is 0.122 e. The van der Waals surface area contributed by atoms with Gasteiger partial charge in [0.25, 0.3) is 0 Å². The van der Waals surface area contributed by atoms with Crippen molar-refractivity contribution in [3.8, 4) is 5.75 Å². The van der Waals surface area contributed by atoms with Gasteiger partial charge < -0.3 is 10.1 Å². The lowest BCUT2D eigenvalue weighted by molar-refractivity contribution is 0.166. The van der Waals surface area contributed by atoms with Gasteiger partial charge in [0.1, 0.15) is 5.75 Å². The molecule has 0 aromatic heterocycles. The van der Waals surface area contributed by atoms with Gasteiger partial charge in [0.2, 0.25) is 0 Å². The average molecular weight is 304 g/mol. The third-order valence-corrected chi connectivity index (χ3v) is 3.00. The highest BCUT2D eigenvalue weighted by Crippen LogP contribution is 2.26. The van der Waals surface area contributed by atoms with E-state index in [1.165, 1.54) is 0 Å². The van der Waals surface area contributed by atoms with Crippen LogP contribution in [0.2, 0.25) is 10.0 Å². The second-order valence-electron chi connectivity index (χ2n) is 6.66. The Morgan fingerprint density at radius 3 is 2.00 bits per heavy atom. The molecule has 0 spiro atoms. The zero-order chi connectivity index (χ0) is 14.7. The number of hydrogen-bond acceptors (Lipinski definition) is 2. The largest absolute Gasteiger partial charge is 0.493 e. The molecule has 0 aliphatic carbocycles. The Balaban J connectivity index is 2.54. The molecule has 2 nitrogen and oxygen atoms in total. The second kappa shape index (κ2) is 6.34. The SMILES string of the molecule is CC(C)(CNC(C)(C)C)COc1cc(Cl)cc(Cl)c1. The lowest BCUT2D eigenvalue weighted by Gasteiger charge is -2.30. The minimum Gasteiger partial charge on any atom is -0.493 e. The van der Waals surface area contributed by atoms with Crippen LogP contribution in [0.1, 0.15) is 34.6 Å². The molecule has 1 rings (SSSR count). The van der Waals surface area contributed by atoms with Crippen LogP contribution in [0.15, 0.2) is 18.2 Å². The van der Waals surface area contributed by atoms with Gasteiger partial charge in [-0.1, -0.05) is 37.0 Å². The fourth-order valence-electron chi connectivity index (χ4n) is 1.45. The van der Waals surface area contributed by atoms with Gasteiger partial charge in [0, 0.05) is 27.5 Å². The highest BCUT2D eigenvalue weighted by atomic mass is 35.5. The first-order valence-corrected chi connectivity index (χ1v) is 7.17. The predicted octanol–water partition coefficient (Wildman–Crippen LogP) is 4.79. The van der Waals surface area contributed by atoms with Gasteiger partial charge in [-0.3, -0.25) is 0 Å². The Morgan fingerprint density at radius 1 is 1.00 bits per heavy atom. The molecule has 1 aromatic rings. The van der Waals surface area contributed by atoms with Gasteiger partial charge in [0.15, 0.2) is 0 Å². The van der Waals surface area contributed by atoms with Crippen molar-refractivity contribution in [2.45, 2.75) is 40.2 Å². The van der Waals surface area contributed by atoms with E-state index < -0.39 is 0 Å². The summed E-state index contributed by atoms with van der Waals surface area (Å²) in [5, 5.41) is 4.67. The minimum atomic E-state index is 0.0298. The van der Waals surface area contributed by atoms with Gasteiger partial charge in [-0.2, -0.15) is 0 Å². The summed E-state index contributed by atoms with van der Waals surface area (Å²) in [5.74, 6) is 0.710. The Labute approximate surface area is 126 Å². The third-order valence-electron chi connectivity index (χ3n) is 2.56. The van der Waals surface area contributed by atoms with Gasteiger partial charge in [0.05, 0.1) is 6.61 Å². The Kier molecular flexibility index (Phi) is 5.54. The van der Waals surface area contributed by atoms with Crippen molar-refractivity contribution >= 4 is 23.2 Å². The molecule has 4 heteroatoms. The molecule has 0 radical (unpaired) electrons. The van der Waals surface area contributed by atoms with Crippen molar-refractivity contribution in [1.82, 2.24) is 5.32 Å². The molecule has 0 aliphatic rings. The number of rotatable bonds is 5. The van der Waals surface area contributed by atoms with Crippen molar-refractivity contribution in [3.05, 3.63) is 28.2 Å². The number of ether oxygens (including phenoxy) is 1. The molecule has 0 saturated heterocycles. The summed E-state index contributed by atoms with van der Waals surface area (Å²) in [4.78, 5) is 0. The molecule has 19 heavy (non-hydrogen) atoms. The molecule has 1 aromatic carbocycles. The lowest BCUT2D eigenvalue weighted by atomic mass is 9.93. The standard InChI is InChI=1S/C15H23Cl2NO/c1-14(2,3)18-9-15(4,5)10-19-13-7-11(16)6-12(17)8-13/h6-8,18H,9-10H2,1-5H3. The quantitative estimate of drug-likeness (QED) is 0.844. The number of hydrogen-bond donors (Lipinski definition) is 1. The summed E-state index contributed by atoms with van der Waals surface area (Å²) in [6.07, 6.45) is 0. The van der Waals surface area contributed by atoms with Crippen LogP contribution in [0.4, 0.5) is 0 Å². The summed E-state index contributed by atoms with van der Waals surface area (Å²) in [6.45, 7) is 12.3. The number of halogens is 2. The van der Waals surface area contributed by atoms with Crippen LogP contribution in [0.5, 0.6) is 5.75 Å². The predicted molar refractivity (Wildman–Crippen MR) is 83.5 cm³/mol.